The van der Waals surface area contributed by atoms with Crippen molar-refractivity contribution < 1.29 is 0 Å². The van der Waals surface area contributed by atoms with Gasteiger partial charge >= 0.3 is 0 Å². The third kappa shape index (κ3) is 2.96. The van der Waals surface area contributed by atoms with Gasteiger partial charge in [-0.05, 0) is 58.2 Å². The summed E-state index contributed by atoms with van der Waals surface area (Å²) in [6.07, 6.45) is 9.37. The highest BCUT2D eigenvalue weighted by molar-refractivity contribution is 4.98. The minimum absolute atomic E-state index is 0.274. The quantitative estimate of drug-likeness (QED) is 0.717. The van der Waals surface area contributed by atoms with Crippen LogP contribution in [0.25, 0.3) is 0 Å². The fourth-order valence-electron chi connectivity index (χ4n) is 2.25. The molecule has 1 aliphatic heterocycles. The second kappa shape index (κ2) is 3.97. The van der Waals surface area contributed by atoms with Crippen molar-refractivity contribution in [2.45, 2.75) is 50.5 Å². The average molecular weight is 182 g/mol. The standard InChI is InChI=1S/C11H22N2/c12-11(6-7-11)5-4-10-13-8-2-1-3-9-13/h1-10,12H2. The molecule has 2 N–H and O–H groups in total. The van der Waals surface area contributed by atoms with Gasteiger partial charge < -0.3 is 10.6 Å². The first-order chi connectivity index (χ1) is 6.29. The van der Waals surface area contributed by atoms with Gasteiger partial charge in [-0.1, -0.05) is 6.42 Å². The Hall–Kier alpha value is -0.0800. The van der Waals surface area contributed by atoms with Crippen LogP contribution >= 0.6 is 0 Å². The van der Waals surface area contributed by atoms with Gasteiger partial charge in [-0.15, -0.1) is 0 Å². The summed E-state index contributed by atoms with van der Waals surface area (Å²) in [5.41, 5.74) is 6.32. The fourth-order valence-corrected chi connectivity index (χ4v) is 2.25. The SMILES string of the molecule is NC1(CCCN2CCCCC2)CC1. The maximum absolute atomic E-state index is 6.04. The molecule has 1 saturated heterocycles. The van der Waals surface area contributed by atoms with Crippen molar-refractivity contribution in [2.24, 2.45) is 5.73 Å². The highest BCUT2D eigenvalue weighted by Gasteiger charge is 2.37. The van der Waals surface area contributed by atoms with Crippen LogP contribution in [-0.4, -0.2) is 30.1 Å². The Labute approximate surface area is 81.5 Å². The van der Waals surface area contributed by atoms with Crippen LogP contribution in [0.3, 0.4) is 0 Å². The zero-order valence-corrected chi connectivity index (χ0v) is 8.60. The van der Waals surface area contributed by atoms with E-state index in [1.54, 1.807) is 0 Å². The van der Waals surface area contributed by atoms with Crippen LogP contribution in [0, 0.1) is 0 Å². The first-order valence-electron chi connectivity index (χ1n) is 5.80. The van der Waals surface area contributed by atoms with Crippen molar-refractivity contribution >= 4 is 0 Å². The molecule has 0 atom stereocenters. The highest BCUT2D eigenvalue weighted by atomic mass is 15.1. The van der Waals surface area contributed by atoms with E-state index >= 15 is 0 Å². The van der Waals surface area contributed by atoms with E-state index in [9.17, 15) is 0 Å². The average Bonchev–Trinajstić information content (AvgIpc) is 2.86. The summed E-state index contributed by atoms with van der Waals surface area (Å²) in [6, 6.07) is 0. The molecule has 2 heteroatoms. The van der Waals surface area contributed by atoms with Crippen molar-refractivity contribution in [3.63, 3.8) is 0 Å². The molecule has 1 heterocycles. The molecule has 13 heavy (non-hydrogen) atoms. The molecule has 1 aliphatic carbocycles. The number of hydrogen-bond donors (Lipinski definition) is 1. The van der Waals surface area contributed by atoms with E-state index in [1.807, 2.05) is 0 Å². The topological polar surface area (TPSA) is 29.3 Å². The highest BCUT2D eigenvalue weighted by Crippen LogP contribution is 2.36. The zero-order chi connectivity index (χ0) is 9.15. The lowest BCUT2D eigenvalue weighted by molar-refractivity contribution is 0.222. The summed E-state index contributed by atoms with van der Waals surface area (Å²) >= 11 is 0. The second-order valence-corrected chi connectivity index (χ2v) is 4.87. The Kier molecular flexibility index (Phi) is 2.89. The van der Waals surface area contributed by atoms with Gasteiger partial charge in [0.05, 0.1) is 0 Å². The predicted octanol–water partition coefficient (Wildman–Crippen LogP) is 1.74. The molecule has 2 aliphatic rings. The van der Waals surface area contributed by atoms with E-state index in [2.05, 4.69) is 4.90 Å². The maximum Gasteiger partial charge on any atom is 0.0156 e. The molecular weight excluding hydrogens is 160 g/mol. The molecule has 0 spiro atoms. The number of rotatable bonds is 4. The van der Waals surface area contributed by atoms with Crippen LogP contribution in [-0.2, 0) is 0 Å². The number of nitrogens with zero attached hydrogens (tertiary/aromatic N) is 1. The van der Waals surface area contributed by atoms with Gasteiger partial charge in [0.1, 0.15) is 0 Å². The van der Waals surface area contributed by atoms with Crippen LogP contribution in [0.2, 0.25) is 0 Å². The van der Waals surface area contributed by atoms with Crippen molar-refractivity contribution in [3.05, 3.63) is 0 Å². The second-order valence-electron chi connectivity index (χ2n) is 4.87. The van der Waals surface area contributed by atoms with Crippen LogP contribution in [0.1, 0.15) is 44.9 Å². The fraction of sp³-hybridized carbons (Fsp3) is 1.00. The van der Waals surface area contributed by atoms with E-state index in [-0.39, 0.29) is 5.54 Å². The number of nitrogens with two attached hydrogens (primary N) is 1. The van der Waals surface area contributed by atoms with Crippen molar-refractivity contribution in [2.75, 3.05) is 19.6 Å². The molecule has 0 aromatic carbocycles. The van der Waals surface area contributed by atoms with Crippen LogP contribution in [0.15, 0.2) is 0 Å². The Morgan fingerprint density at radius 2 is 1.77 bits per heavy atom. The van der Waals surface area contributed by atoms with Gasteiger partial charge in [-0.2, -0.15) is 0 Å². The first-order valence-corrected chi connectivity index (χ1v) is 5.80. The Morgan fingerprint density at radius 1 is 1.08 bits per heavy atom. The molecule has 0 radical (unpaired) electrons. The molecule has 76 valence electrons. The molecule has 1 saturated carbocycles. The van der Waals surface area contributed by atoms with E-state index in [1.165, 1.54) is 64.6 Å². The van der Waals surface area contributed by atoms with Crippen molar-refractivity contribution in [1.82, 2.24) is 4.90 Å². The minimum atomic E-state index is 0.274. The maximum atomic E-state index is 6.04. The van der Waals surface area contributed by atoms with Crippen molar-refractivity contribution in [3.8, 4) is 0 Å². The molecule has 0 aromatic heterocycles. The summed E-state index contributed by atoms with van der Waals surface area (Å²) in [6.45, 7) is 3.95. The summed E-state index contributed by atoms with van der Waals surface area (Å²) < 4.78 is 0. The summed E-state index contributed by atoms with van der Waals surface area (Å²) in [4.78, 5) is 2.61. The lowest BCUT2D eigenvalue weighted by atomic mass is 10.1. The monoisotopic (exact) mass is 182 g/mol. The van der Waals surface area contributed by atoms with Gasteiger partial charge in [-0.25, -0.2) is 0 Å². The summed E-state index contributed by atoms with van der Waals surface area (Å²) in [7, 11) is 0. The third-order valence-electron chi connectivity index (χ3n) is 3.49. The molecule has 2 fully saturated rings. The molecule has 2 nitrogen and oxygen atoms in total. The number of hydrogen-bond acceptors (Lipinski definition) is 2. The van der Waals surface area contributed by atoms with Gasteiger partial charge in [0.2, 0.25) is 0 Å². The van der Waals surface area contributed by atoms with E-state index in [0.717, 1.165) is 0 Å². The Morgan fingerprint density at radius 3 is 2.38 bits per heavy atom. The molecule has 0 amide bonds. The lowest BCUT2D eigenvalue weighted by Crippen LogP contribution is -2.32. The van der Waals surface area contributed by atoms with Crippen LogP contribution in [0.5, 0.6) is 0 Å². The van der Waals surface area contributed by atoms with Gasteiger partial charge in [0, 0.05) is 5.54 Å². The van der Waals surface area contributed by atoms with Gasteiger partial charge in [-0.3, -0.25) is 0 Å². The van der Waals surface area contributed by atoms with E-state index in [0.29, 0.717) is 0 Å². The first kappa shape index (κ1) is 9.47. The number of piperidine rings is 1. The summed E-state index contributed by atoms with van der Waals surface area (Å²) in [5, 5.41) is 0. The van der Waals surface area contributed by atoms with Gasteiger partial charge in [0.25, 0.3) is 0 Å². The smallest absolute Gasteiger partial charge is 0.0156 e. The number of likely N-dealkylation sites (tertiary alicyclic amines) is 1. The Balaban J connectivity index is 1.56. The van der Waals surface area contributed by atoms with Gasteiger partial charge in [0.15, 0.2) is 0 Å². The normalized spacial score (nSPS) is 27.5. The van der Waals surface area contributed by atoms with E-state index in [4.69, 9.17) is 5.73 Å². The van der Waals surface area contributed by atoms with Crippen molar-refractivity contribution in [1.29, 1.82) is 0 Å². The largest absolute Gasteiger partial charge is 0.325 e. The van der Waals surface area contributed by atoms with Crippen LogP contribution < -0.4 is 5.73 Å². The molecular formula is C11H22N2. The Bertz CT molecular complexity index is 157. The molecule has 2 rings (SSSR count). The summed E-state index contributed by atoms with van der Waals surface area (Å²) in [5.74, 6) is 0. The zero-order valence-electron chi connectivity index (χ0n) is 8.60. The molecule has 0 aromatic rings. The third-order valence-corrected chi connectivity index (χ3v) is 3.49. The molecule has 0 bridgehead atoms. The molecule has 0 unspecified atom stereocenters. The van der Waals surface area contributed by atoms with Crippen LogP contribution in [0.4, 0.5) is 0 Å². The minimum Gasteiger partial charge on any atom is -0.325 e. The lowest BCUT2D eigenvalue weighted by Gasteiger charge is -2.26. The predicted molar refractivity (Wildman–Crippen MR) is 55.7 cm³/mol. The van der Waals surface area contributed by atoms with E-state index < -0.39 is 0 Å².